The molecule has 5 atom stereocenters. The molecule has 4 heterocycles. The average molecular weight is 717 g/mol. The molecule has 1 amide bonds. The van der Waals surface area contributed by atoms with Gasteiger partial charge < -0.3 is 38.8 Å². The summed E-state index contributed by atoms with van der Waals surface area (Å²) in [5.41, 5.74) is 4.89. The molecule has 0 aliphatic carbocycles. The second kappa shape index (κ2) is 16.4. The lowest BCUT2D eigenvalue weighted by Gasteiger charge is -2.31. The van der Waals surface area contributed by atoms with Crippen LogP contribution < -0.4 is 19.5 Å². The number of carbonyl (C=O) groups is 1. The number of aliphatic hydroxyl groups excluding tert-OH is 1. The number of nitrogens with one attached hydrogen (secondary N) is 1. The highest BCUT2D eigenvalue weighted by Crippen LogP contribution is 2.34. The van der Waals surface area contributed by atoms with E-state index in [1.54, 1.807) is 0 Å². The first-order valence-electron chi connectivity index (χ1n) is 17.4. The lowest BCUT2D eigenvalue weighted by molar-refractivity contribution is -0.0907. The quantitative estimate of drug-likeness (QED) is 0.163. The third-order valence-corrected chi connectivity index (χ3v) is 9.82. The van der Waals surface area contributed by atoms with Gasteiger partial charge in [0.1, 0.15) is 24.2 Å². The number of hydrogen-bond donors (Lipinski definition) is 2. The van der Waals surface area contributed by atoms with Crippen LogP contribution in [0.1, 0.15) is 37.0 Å². The second-order valence-electron chi connectivity index (χ2n) is 13.7. The molecule has 1 aromatic heterocycles. The van der Waals surface area contributed by atoms with Gasteiger partial charge in [-0.05, 0) is 71.2 Å². The van der Waals surface area contributed by atoms with E-state index in [-0.39, 0.29) is 19.0 Å². The molecule has 5 unspecified atom stereocenters. The number of amides is 1. The molecule has 7 rings (SSSR count). The molecule has 0 saturated carbocycles. The zero-order valence-corrected chi connectivity index (χ0v) is 29.6. The Hall–Kier alpha value is -4.27. The van der Waals surface area contributed by atoms with Gasteiger partial charge in [0, 0.05) is 30.6 Å². The summed E-state index contributed by atoms with van der Waals surface area (Å²) >= 11 is 1.33. The number of alkyl carbamates (subject to hydrolysis) is 1. The Morgan fingerprint density at radius 2 is 1.78 bits per heavy atom. The van der Waals surface area contributed by atoms with Gasteiger partial charge in [0.2, 0.25) is 6.79 Å². The van der Waals surface area contributed by atoms with Crippen molar-refractivity contribution in [3.8, 4) is 28.5 Å². The predicted octanol–water partition coefficient (Wildman–Crippen LogP) is 5.43. The minimum atomic E-state index is -0.897. The molecule has 0 spiro atoms. The predicted molar refractivity (Wildman–Crippen MR) is 190 cm³/mol. The fraction of sp³-hybridized carbons (Fsp3) is 0.447. The van der Waals surface area contributed by atoms with Crippen molar-refractivity contribution in [3.63, 3.8) is 0 Å². The van der Waals surface area contributed by atoms with Gasteiger partial charge in [0.25, 0.3) is 0 Å². The minimum absolute atomic E-state index is 0.0168. The van der Waals surface area contributed by atoms with Crippen LogP contribution in [0.5, 0.6) is 17.2 Å². The molecule has 3 aromatic carbocycles. The summed E-state index contributed by atoms with van der Waals surface area (Å²) in [4.78, 5) is 15.5. The fourth-order valence-electron chi connectivity index (χ4n) is 6.77. The van der Waals surface area contributed by atoms with Gasteiger partial charge in [-0.15, -0.1) is 5.10 Å². The van der Waals surface area contributed by atoms with Crippen molar-refractivity contribution < 1.29 is 38.3 Å². The van der Waals surface area contributed by atoms with Gasteiger partial charge in [-0.1, -0.05) is 60.8 Å². The number of carbonyl (C=O) groups excluding carboxylic acids is 1. The third kappa shape index (κ3) is 9.16. The summed E-state index contributed by atoms with van der Waals surface area (Å²) in [6.45, 7) is 7.49. The van der Waals surface area contributed by atoms with Crippen molar-refractivity contribution in [2.45, 2.75) is 64.4 Å². The maximum atomic E-state index is 13.3. The topological polar surface area (TPSA) is 134 Å². The first-order valence-corrected chi connectivity index (χ1v) is 18.3. The Labute approximate surface area is 301 Å². The lowest BCUT2D eigenvalue weighted by atomic mass is 10.00. The van der Waals surface area contributed by atoms with Crippen LogP contribution in [0.15, 0.2) is 72.1 Å². The average Bonchev–Trinajstić information content (AvgIpc) is 3.95. The molecule has 270 valence electrons. The second-order valence-corrected chi connectivity index (χ2v) is 14.3. The molecule has 0 radical (unpaired) electrons. The Bertz CT molecular complexity index is 1720. The van der Waals surface area contributed by atoms with Crippen molar-refractivity contribution in [1.82, 2.24) is 19.8 Å². The number of rotatable bonds is 15. The molecule has 3 aliphatic rings. The van der Waals surface area contributed by atoms with E-state index in [1.807, 2.05) is 72.1 Å². The highest BCUT2D eigenvalue weighted by Gasteiger charge is 2.44. The molecule has 51 heavy (non-hydrogen) atoms. The van der Waals surface area contributed by atoms with E-state index in [9.17, 15) is 9.90 Å². The third-order valence-electron chi connectivity index (χ3n) is 9.32. The molecule has 2 N–H and O–H groups in total. The largest absolute Gasteiger partial charge is 0.489 e. The number of aromatic nitrogens is 2. The van der Waals surface area contributed by atoms with Crippen molar-refractivity contribution in [3.05, 3.63) is 88.8 Å². The summed E-state index contributed by atoms with van der Waals surface area (Å²) < 4.78 is 38.2. The fourth-order valence-corrected chi connectivity index (χ4v) is 7.23. The van der Waals surface area contributed by atoms with Crippen LogP contribution in [-0.4, -0.2) is 83.3 Å². The van der Waals surface area contributed by atoms with Gasteiger partial charge >= 0.3 is 6.09 Å². The molecule has 4 aromatic rings. The van der Waals surface area contributed by atoms with Crippen LogP contribution in [-0.2, 0) is 33.8 Å². The van der Waals surface area contributed by atoms with Crippen LogP contribution in [0.25, 0.3) is 11.3 Å². The summed E-state index contributed by atoms with van der Waals surface area (Å²) in [7, 11) is 0. The summed E-state index contributed by atoms with van der Waals surface area (Å²) in [6, 6.07) is 21.1. The van der Waals surface area contributed by atoms with E-state index in [2.05, 4.69) is 33.7 Å². The number of nitrogens with zero attached hydrogens (tertiary/aromatic N) is 3. The highest BCUT2D eigenvalue weighted by molar-refractivity contribution is 7.03. The lowest BCUT2D eigenvalue weighted by Crippen LogP contribution is -2.50. The number of hydrogen-bond acceptors (Lipinski definition) is 12. The summed E-state index contributed by atoms with van der Waals surface area (Å²) in [5, 5.41) is 20.8. The molecule has 13 heteroatoms. The van der Waals surface area contributed by atoms with Gasteiger partial charge in [-0.3, -0.25) is 4.90 Å². The first-order chi connectivity index (χ1) is 24.9. The van der Waals surface area contributed by atoms with Crippen molar-refractivity contribution in [2.75, 3.05) is 33.1 Å². The molecule has 12 nitrogen and oxygen atoms in total. The van der Waals surface area contributed by atoms with Gasteiger partial charge in [0.05, 0.1) is 31.3 Å². The zero-order valence-electron chi connectivity index (χ0n) is 28.8. The van der Waals surface area contributed by atoms with E-state index >= 15 is 0 Å². The van der Waals surface area contributed by atoms with E-state index in [1.165, 1.54) is 11.5 Å². The summed E-state index contributed by atoms with van der Waals surface area (Å²) in [5.74, 6) is 2.55. The number of benzene rings is 3. The maximum absolute atomic E-state index is 13.3. The van der Waals surface area contributed by atoms with Gasteiger partial charge in [-0.2, -0.15) is 0 Å². The SMILES string of the molecule is CC(C)CN(Cc1ccc2c(c1)OCO2)CC(O)C(Cc1ccc(OCc2ccc(-c3csnn3)cc2)cc1)NC(=O)OC1COC2OCCC12. The molecule has 3 aliphatic heterocycles. The van der Waals surface area contributed by atoms with Crippen LogP contribution in [0.2, 0.25) is 0 Å². The van der Waals surface area contributed by atoms with Crippen LogP contribution in [0.3, 0.4) is 0 Å². The van der Waals surface area contributed by atoms with Gasteiger partial charge in [-0.25, -0.2) is 4.79 Å². The van der Waals surface area contributed by atoms with E-state index in [0.29, 0.717) is 45.2 Å². The van der Waals surface area contributed by atoms with Crippen molar-refractivity contribution in [2.24, 2.45) is 11.8 Å². The number of ether oxygens (including phenoxy) is 6. The zero-order chi connectivity index (χ0) is 35.2. The smallest absolute Gasteiger partial charge is 0.407 e. The monoisotopic (exact) mass is 716 g/mol. The van der Waals surface area contributed by atoms with Crippen molar-refractivity contribution in [1.29, 1.82) is 0 Å². The Kier molecular flexibility index (Phi) is 11.3. The van der Waals surface area contributed by atoms with E-state index in [4.69, 9.17) is 28.4 Å². The Balaban J connectivity index is 1.01. The minimum Gasteiger partial charge on any atom is -0.489 e. The molecular formula is C38H44N4O8S. The maximum Gasteiger partial charge on any atom is 0.407 e. The highest BCUT2D eigenvalue weighted by atomic mass is 32.1. The van der Waals surface area contributed by atoms with E-state index in [0.717, 1.165) is 58.2 Å². The standard InChI is InChI=1S/C38H44N4O8S/c1-24(2)17-42(18-27-7-12-34-35(16-27)49-23-48-34)19-33(43)31(39-38(44)50-36-21-47-37-30(36)13-14-45-37)15-25-5-10-29(11-6-25)46-20-26-3-8-28(9-4-26)32-22-51-41-40-32/h3-12,16,22,24,30-31,33,36-37,43H,13-15,17-21,23H2,1-2H3,(H,39,44). The Morgan fingerprint density at radius 3 is 2.57 bits per heavy atom. The normalized spacial score (nSPS) is 20.4. The number of fused-ring (bicyclic) bond motifs is 2. The van der Waals surface area contributed by atoms with Crippen LogP contribution >= 0.6 is 11.5 Å². The molecule has 2 fully saturated rings. The first kappa shape index (κ1) is 35.1. The van der Waals surface area contributed by atoms with Crippen LogP contribution in [0, 0.1) is 11.8 Å². The van der Waals surface area contributed by atoms with Crippen molar-refractivity contribution >= 4 is 17.6 Å². The van der Waals surface area contributed by atoms with E-state index < -0.39 is 24.3 Å². The Morgan fingerprint density at radius 1 is 1.00 bits per heavy atom. The summed E-state index contributed by atoms with van der Waals surface area (Å²) in [6.07, 6.45) is -1.03. The molecular weight excluding hydrogens is 673 g/mol. The molecule has 2 saturated heterocycles. The molecule has 0 bridgehead atoms. The van der Waals surface area contributed by atoms with Gasteiger partial charge in [0.15, 0.2) is 17.8 Å². The van der Waals surface area contributed by atoms with Crippen LogP contribution in [0.4, 0.5) is 4.79 Å². The number of aliphatic hydroxyl groups is 1.